The summed E-state index contributed by atoms with van der Waals surface area (Å²) in [6, 6.07) is 3.39. The molecule has 0 spiro atoms. The van der Waals surface area contributed by atoms with E-state index in [0.717, 1.165) is 12.1 Å². The summed E-state index contributed by atoms with van der Waals surface area (Å²) in [5.41, 5.74) is 0.0509. The van der Waals surface area contributed by atoms with Crippen molar-refractivity contribution in [3.8, 4) is 0 Å². The Bertz CT molecular complexity index is 248. The predicted molar refractivity (Wildman–Crippen MR) is 52.6 cm³/mol. The molecule has 0 aliphatic rings. The second-order valence-electron chi connectivity index (χ2n) is 2.08. The fourth-order valence-electron chi connectivity index (χ4n) is 0.724. The van der Waals surface area contributed by atoms with Crippen LogP contribution in [0.15, 0.2) is 18.2 Å². The van der Waals surface area contributed by atoms with Gasteiger partial charge in [0.25, 0.3) is 0 Å². The number of hydrogen-bond donors (Lipinski definition) is 2. The minimum Gasteiger partial charge on any atom is -0.423 e. The Morgan fingerprint density at radius 1 is 1.23 bits per heavy atom. The maximum atomic E-state index is 12.5. The van der Waals surface area contributed by atoms with Gasteiger partial charge in [0, 0.05) is 5.02 Å². The third-order valence-electron chi connectivity index (χ3n) is 1.18. The number of benzene rings is 1. The quantitative estimate of drug-likeness (QED) is 0.675. The van der Waals surface area contributed by atoms with Crippen LogP contribution in [0.5, 0.6) is 0 Å². The van der Waals surface area contributed by atoms with E-state index in [4.69, 9.17) is 21.6 Å². The molecule has 0 radical (unpaired) electrons. The molecule has 0 aromatic heterocycles. The fraction of sp³-hybridized carbons (Fsp3) is 0.250. The lowest BCUT2D eigenvalue weighted by Gasteiger charge is -1.99. The average Bonchev–Trinajstić information content (AvgIpc) is 2.06. The molecule has 2 nitrogen and oxygen atoms in total. The Morgan fingerprint density at radius 3 is 2.15 bits per heavy atom. The van der Waals surface area contributed by atoms with Gasteiger partial charge in [-0.1, -0.05) is 25.4 Å². The highest BCUT2D eigenvalue weighted by atomic mass is 35.5. The third kappa shape index (κ3) is 4.27. The molecule has 0 aliphatic carbocycles. The Hall–Kier alpha value is -0.575. The molecule has 13 heavy (non-hydrogen) atoms. The van der Waals surface area contributed by atoms with Crippen molar-refractivity contribution in [2.75, 3.05) is 0 Å². The zero-order chi connectivity index (χ0) is 10.4. The number of halogens is 2. The molecule has 0 bridgehead atoms. The van der Waals surface area contributed by atoms with Crippen molar-refractivity contribution in [1.29, 1.82) is 0 Å². The van der Waals surface area contributed by atoms with Crippen molar-refractivity contribution in [3.05, 3.63) is 29.0 Å². The van der Waals surface area contributed by atoms with Crippen LogP contribution >= 0.6 is 11.6 Å². The lowest BCUT2D eigenvalue weighted by Crippen LogP contribution is -2.29. The van der Waals surface area contributed by atoms with Crippen LogP contribution in [0.1, 0.15) is 13.8 Å². The van der Waals surface area contributed by atoms with Crippen molar-refractivity contribution >= 4 is 24.2 Å². The van der Waals surface area contributed by atoms with Gasteiger partial charge in [0.1, 0.15) is 5.82 Å². The standard InChI is InChI=1S/C6H5BClFO2.C2H6/c8-5-1-4(7(10)11)2-6(9)3-5;1-2/h1-3,10-11H;1-2H3. The molecule has 0 saturated heterocycles. The summed E-state index contributed by atoms with van der Waals surface area (Å²) >= 11 is 5.43. The predicted octanol–water partition coefficient (Wildman–Crippen LogP) is 1.19. The summed E-state index contributed by atoms with van der Waals surface area (Å²) in [5, 5.41) is 17.4. The van der Waals surface area contributed by atoms with Crippen LogP contribution in [0, 0.1) is 5.82 Å². The van der Waals surface area contributed by atoms with E-state index >= 15 is 0 Å². The Kier molecular flexibility index (Phi) is 5.70. The maximum absolute atomic E-state index is 12.5. The first kappa shape index (κ1) is 12.4. The maximum Gasteiger partial charge on any atom is 0.488 e. The minimum atomic E-state index is -1.68. The molecule has 0 saturated carbocycles. The first-order chi connectivity index (χ1) is 6.09. The molecule has 0 heterocycles. The van der Waals surface area contributed by atoms with Gasteiger partial charge in [-0.2, -0.15) is 0 Å². The molecule has 0 amide bonds. The van der Waals surface area contributed by atoms with Crippen molar-refractivity contribution in [3.63, 3.8) is 0 Å². The third-order valence-corrected chi connectivity index (χ3v) is 1.40. The molecule has 1 aromatic carbocycles. The van der Waals surface area contributed by atoms with Crippen molar-refractivity contribution in [2.24, 2.45) is 0 Å². The molecule has 0 fully saturated rings. The molecule has 0 unspecified atom stereocenters. The largest absolute Gasteiger partial charge is 0.488 e. The topological polar surface area (TPSA) is 40.5 Å². The molecular weight excluding hydrogens is 193 g/mol. The smallest absolute Gasteiger partial charge is 0.423 e. The van der Waals surface area contributed by atoms with Gasteiger partial charge in [-0.25, -0.2) is 4.39 Å². The monoisotopic (exact) mass is 204 g/mol. The van der Waals surface area contributed by atoms with Crippen LogP contribution in [0.2, 0.25) is 5.02 Å². The van der Waals surface area contributed by atoms with E-state index in [1.54, 1.807) is 0 Å². The Labute approximate surface area is 82.1 Å². The Balaban J connectivity index is 0.000000671. The van der Waals surface area contributed by atoms with E-state index in [2.05, 4.69) is 0 Å². The summed E-state index contributed by atoms with van der Waals surface area (Å²) in [4.78, 5) is 0. The zero-order valence-electron chi connectivity index (χ0n) is 7.46. The molecule has 0 atom stereocenters. The van der Waals surface area contributed by atoms with Gasteiger partial charge >= 0.3 is 7.12 Å². The first-order valence-electron chi connectivity index (χ1n) is 3.92. The van der Waals surface area contributed by atoms with E-state index in [0.29, 0.717) is 0 Å². The molecule has 1 aromatic rings. The number of hydrogen-bond acceptors (Lipinski definition) is 2. The molecule has 72 valence electrons. The van der Waals surface area contributed by atoms with Gasteiger partial charge in [0.2, 0.25) is 0 Å². The van der Waals surface area contributed by atoms with E-state index in [1.807, 2.05) is 13.8 Å². The van der Waals surface area contributed by atoms with E-state index in [-0.39, 0.29) is 10.5 Å². The van der Waals surface area contributed by atoms with Gasteiger partial charge in [0.15, 0.2) is 0 Å². The van der Waals surface area contributed by atoms with Crippen LogP contribution in [-0.2, 0) is 0 Å². The summed E-state index contributed by atoms with van der Waals surface area (Å²) in [7, 11) is -1.68. The average molecular weight is 204 g/mol. The van der Waals surface area contributed by atoms with Crippen LogP contribution in [0.25, 0.3) is 0 Å². The van der Waals surface area contributed by atoms with Gasteiger partial charge < -0.3 is 10.0 Å². The van der Waals surface area contributed by atoms with Crippen molar-refractivity contribution < 1.29 is 14.4 Å². The first-order valence-corrected chi connectivity index (χ1v) is 4.29. The highest BCUT2D eigenvalue weighted by Gasteiger charge is 2.12. The van der Waals surface area contributed by atoms with E-state index in [9.17, 15) is 4.39 Å². The highest BCUT2D eigenvalue weighted by molar-refractivity contribution is 6.59. The zero-order valence-corrected chi connectivity index (χ0v) is 8.22. The second kappa shape index (κ2) is 5.97. The molecule has 1 rings (SSSR count). The summed E-state index contributed by atoms with van der Waals surface area (Å²) in [6.45, 7) is 4.00. The van der Waals surface area contributed by atoms with Gasteiger partial charge in [-0.3, -0.25) is 0 Å². The lowest BCUT2D eigenvalue weighted by atomic mass is 9.80. The minimum absolute atomic E-state index is 0.0509. The molecular formula is C8H11BClFO2. The summed E-state index contributed by atoms with van der Waals surface area (Å²) in [6.07, 6.45) is 0. The second-order valence-corrected chi connectivity index (χ2v) is 2.51. The molecule has 0 aliphatic heterocycles. The lowest BCUT2D eigenvalue weighted by molar-refractivity contribution is 0.425. The van der Waals surface area contributed by atoms with Crippen LogP contribution in [-0.4, -0.2) is 17.2 Å². The normalized spacial score (nSPS) is 8.77. The SMILES string of the molecule is CC.OB(O)c1cc(F)cc(Cl)c1. The Morgan fingerprint density at radius 2 is 1.77 bits per heavy atom. The number of rotatable bonds is 1. The van der Waals surface area contributed by atoms with Gasteiger partial charge in [-0.05, 0) is 23.7 Å². The highest BCUT2D eigenvalue weighted by Crippen LogP contribution is 2.07. The van der Waals surface area contributed by atoms with E-state index < -0.39 is 12.9 Å². The van der Waals surface area contributed by atoms with Crippen molar-refractivity contribution in [2.45, 2.75) is 13.8 Å². The fourth-order valence-corrected chi connectivity index (χ4v) is 0.954. The summed E-state index contributed by atoms with van der Waals surface area (Å²) < 4.78 is 12.5. The molecule has 2 N–H and O–H groups in total. The van der Waals surface area contributed by atoms with Crippen LogP contribution in [0.3, 0.4) is 0 Å². The van der Waals surface area contributed by atoms with E-state index in [1.165, 1.54) is 6.07 Å². The van der Waals surface area contributed by atoms with Crippen LogP contribution in [0.4, 0.5) is 4.39 Å². The molecule has 5 heteroatoms. The van der Waals surface area contributed by atoms with Crippen molar-refractivity contribution in [1.82, 2.24) is 0 Å². The van der Waals surface area contributed by atoms with Gasteiger partial charge in [-0.15, -0.1) is 0 Å². The van der Waals surface area contributed by atoms with Crippen LogP contribution < -0.4 is 5.46 Å². The van der Waals surface area contributed by atoms with Gasteiger partial charge in [0.05, 0.1) is 0 Å². The summed E-state index contributed by atoms with van der Waals surface area (Å²) in [5.74, 6) is -0.583.